The van der Waals surface area contributed by atoms with Gasteiger partial charge in [0.05, 0.1) is 0 Å². The minimum Gasteiger partial charge on any atom is -0.356 e. The van der Waals surface area contributed by atoms with Crippen LogP contribution in [0.1, 0.15) is 40.7 Å². The maximum atomic E-state index is 12.5. The van der Waals surface area contributed by atoms with E-state index in [4.69, 9.17) is 16.6 Å². The summed E-state index contributed by atoms with van der Waals surface area (Å²) >= 11 is 7.79. The predicted molar refractivity (Wildman–Crippen MR) is 127 cm³/mol. The van der Waals surface area contributed by atoms with Crippen molar-refractivity contribution in [3.63, 3.8) is 0 Å². The van der Waals surface area contributed by atoms with Crippen LogP contribution in [0.5, 0.6) is 0 Å². The van der Waals surface area contributed by atoms with E-state index in [0.29, 0.717) is 28.2 Å². The lowest BCUT2D eigenvalue weighted by Crippen LogP contribution is -2.30. The van der Waals surface area contributed by atoms with Crippen molar-refractivity contribution in [1.29, 1.82) is 0 Å². The summed E-state index contributed by atoms with van der Waals surface area (Å²) < 4.78 is 0. The first kappa shape index (κ1) is 21.7. The van der Waals surface area contributed by atoms with Crippen molar-refractivity contribution in [1.82, 2.24) is 15.3 Å². The van der Waals surface area contributed by atoms with Crippen LogP contribution in [0.2, 0.25) is 5.15 Å². The lowest BCUT2D eigenvalue weighted by molar-refractivity contribution is 0.0951. The number of hydrogen-bond acceptors (Lipinski definition) is 5. The Bertz CT molecular complexity index is 1030. The number of thioether (sulfide) groups is 1. The van der Waals surface area contributed by atoms with Crippen LogP contribution in [-0.2, 0) is 12.3 Å². The molecule has 2 heterocycles. The molecular formula is C24H25ClN4OS. The fourth-order valence-corrected chi connectivity index (χ4v) is 4.59. The summed E-state index contributed by atoms with van der Waals surface area (Å²) in [4.78, 5) is 23.9. The van der Waals surface area contributed by atoms with Crippen LogP contribution in [0.3, 0.4) is 0 Å². The third-order valence-corrected chi connectivity index (χ3v) is 6.31. The van der Waals surface area contributed by atoms with Crippen LogP contribution >= 0.6 is 23.4 Å². The molecule has 3 aromatic rings. The Balaban J connectivity index is 1.38. The van der Waals surface area contributed by atoms with Crippen LogP contribution in [-0.4, -0.2) is 29.0 Å². The summed E-state index contributed by atoms with van der Waals surface area (Å²) in [5.74, 6) is 1.48. The van der Waals surface area contributed by atoms with Gasteiger partial charge in [0.1, 0.15) is 11.0 Å². The zero-order valence-electron chi connectivity index (χ0n) is 17.3. The molecular weight excluding hydrogens is 428 g/mol. The molecule has 7 heteroatoms. The minimum absolute atomic E-state index is 0.0814. The second kappa shape index (κ2) is 10.6. The van der Waals surface area contributed by atoms with Crippen molar-refractivity contribution in [2.45, 2.75) is 36.7 Å². The molecule has 31 heavy (non-hydrogen) atoms. The average Bonchev–Trinajstić information content (AvgIpc) is 2.82. The molecule has 5 nitrogen and oxygen atoms in total. The van der Waals surface area contributed by atoms with Crippen LogP contribution in [0, 0.1) is 0 Å². The number of rotatable bonds is 7. The zero-order valence-corrected chi connectivity index (χ0v) is 18.8. The fourth-order valence-electron chi connectivity index (χ4n) is 3.57. The van der Waals surface area contributed by atoms with Crippen molar-refractivity contribution in [2.75, 3.05) is 18.0 Å². The number of nitrogens with zero attached hydrogens (tertiary/aromatic N) is 3. The summed E-state index contributed by atoms with van der Waals surface area (Å²) in [7, 11) is 0. The number of benzene rings is 2. The van der Waals surface area contributed by atoms with Crippen molar-refractivity contribution < 1.29 is 4.79 Å². The number of anilines is 1. The lowest BCUT2D eigenvalue weighted by atomic mass is 10.1. The molecule has 1 N–H and O–H groups in total. The van der Waals surface area contributed by atoms with Crippen LogP contribution in [0.4, 0.5) is 5.82 Å². The standard InChI is InChI=1S/C24H25ClN4OS/c25-21-15-22(29-12-5-2-6-13-29)28-24(27-21)31-17-19-10-7-11-20(14-19)23(30)26-16-18-8-3-1-4-9-18/h1,3-4,7-11,14-15H,2,5-6,12-13,16-17H2,(H,26,30). The Hall–Kier alpha value is -2.57. The van der Waals surface area contributed by atoms with Crippen molar-refractivity contribution in [3.8, 4) is 0 Å². The maximum absolute atomic E-state index is 12.5. The first-order chi connectivity index (χ1) is 15.2. The van der Waals surface area contributed by atoms with Gasteiger partial charge in [0.25, 0.3) is 5.91 Å². The van der Waals surface area contributed by atoms with Gasteiger partial charge in [0, 0.05) is 37.0 Å². The van der Waals surface area contributed by atoms with Gasteiger partial charge in [-0.1, -0.05) is 65.8 Å². The van der Waals surface area contributed by atoms with Gasteiger partial charge in [-0.2, -0.15) is 0 Å². The second-order valence-electron chi connectivity index (χ2n) is 7.54. The first-order valence-electron chi connectivity index (χ1n) is 10.5. The number of hydrogen-bond donors (Lipinski definition) is 1. The Labute approximate surface area is 192 Å². The van der Waals surface area contributed by atoms with E-state index in [1.54, 1.807) is 0 Å². The number of carbonyl (C=O) groups is 1. The number of carbonyl (C=O) groups excluding carboxylic acids is 1. The SMILES string of the molecule is O=C(NCc1ccccc1)c1cccc(CSc2nc(Cl)cc(N3CCCCC3)n2)c1. The fraction of sp³-hybridized carbons (Fsp3) is 0.292. The van der Waals surface area contributed by atoms with Crippen molar-refractivity contribution in [2.24, 2.45) is 0 Å². The molecule has 0 aliphatic carbocycles. The van der Waals surface area contributed by atoms with Gasteiger partial charge in [-0.05, 0) is 42.5 Å². The molecule has 1 aromatic heterocycles. The highest BCUT2D eigenvalue weighted by molar-refractivity contribution is 7.98. The topological polar surface area (TPSA) is 58.1 Å². The van der Waals surface area contributed by atoms with Gasteiger partial charge >= 0.3 is 0 Å². The summed E-state index contributed by atoms with van der Waals surface area (Å²) in [5, 5.41) is 4.10. The smallest absolute Gasteiger partial charge is 0.251 e. The average molecular weight is 453 g/mol. The summed E-state index contributed by atoms with van der Waals surface area (Å²) in [6, 6.07) is 19.4. The molecule has 0 radical (unpaired) electrons. The van der Waals surface area contributed by atoms with Crippen molar-refractivity contribution >= 4 is 35.1 Å². The predicted octanol–water partition coefficient (Wildman–Crippen LogP) is 5.34. The van der Waals surface area contributed by atoms with Crippen LogP contribution in [0.25, 0.3) is 0 Å². The van der Waals surface area contributed by atoms with Gasteiger partial charge < -0.3 is 10.2 Å². The normalized spacial score (nSPS) is 13.8. The van der Waals surface area contributed by atoms with Gasteiger partial charge in [-0.15, -0.1) is 0 Å². The van der Waals surface area contributed by atoms with E-state index in [9.17, 15) is 4.79 Å². The quantitative estimate of drug-likeness (QED) is 0.298. The molecule has 2 aromatic carbocycles. The van der Waals surface area contributed by atoms with Gasteiger partial charge in [0.15, 0.2) is 5.16 Å². The highest BCUT2D eigenvalue weighted by Crippen LogP contribution is 2.26. The largest absolute Gasteiger partial charge is 0.356 e. The van der Waals surface area contributed by atoms with E-state index in [-0.39, 0.29) is 5.91 Å². The minimum atomic E-state index is -0.0814. The number of aromatic nitrogens is 2. The molecule has 1 fully saturated rings. The molecule has 160 valence electrons. The number of piperidine rings is 1. The highest BCUT2D eigenvalue weighted by Gasteiger charge is 2.15. The molecule has 1 aliphatic rings. The van der Waals surface area contributed by atoms with Gasteiger partial charge in [0.2, 0.25) is 0 Å². The van der Waals surface area contributed by atoms with Crippen LogP contribution in [0.15, 0.2) is 65.8 Å². The maximum Gasteiger partial charge on any atom is 0.251 e. The monoisotopic (exact) mass is 452 g/mol. The highest BCUT2D eigenvalue weighted by atomic mass is 35.5. The Morgan fingerprint density at radius 3 is 2.55 bits per heavy atom. The molecule has 1 amide bonds. The number of nitrogens with one attached hydrogen (secondary N) is 1. The molecule has 1 aliphatic heterocycles. The third-order valence-electron chi connectivity index (χ3n) is 5.19. The number of halogens is 1. The second-order valence-corrected chi connectivity index (χ2v) is 8.87. The van der Waals surface area contributed by atoms with E-state index in [1.807, 2.05) is 60.7 Å². The molecule has 0 saturated carbocycles. The molecule has 0 bridgehead atoms. The summed E-state index contributed by atoms with van der Waals surface area (Å²) in [6.45, 7) is 2.53. The summed E-state index contributed by atoms with van der Waals surface area (Å²) in [6.07, 6.45) is 3.64. The zero-order chi connectivity index (χ0) is 21.5. The third kappa shape index (κ3) is 6.21. The van der Waals surface area contributed by atoms with E-state index in [1.165, 1.54) is 31.0 Å². The van der Waals surface area contributed by atoms with E-state index in [2.05, 4.69) is 15.2 Å². The van der Waals surface area contributed by atoms with Crippen molar-refractivity contribution in [3.05, 3.63) is 82.5 Å². The Morgan fingerprint density at radius 2 is 1.74 bits per heavy atom. The first-order valence-corrected chi connectivity index (χ1v) is 11.9. The van der Waals surface area contributed by atoms with Crippen LogP contribution < -0.4 is 10.2 Å². The Morgan fingerprint density at radius 1 is 0.968 bits per heavy atom. The molecule has 0 atom stereocenters. The lowest BCUT2D eigenvalue weighted by Gasteiger charge is -2.27. The number of amides is 1. The summed E-state index contributed by atoms with van der Waals surface area (Å²) in [5.41, 5.74) is 2.76. The van der Waals surface area contributed by atoms with E-state index < -0.39 is 0 Å². The van der Waals surface area contributed by atoms with E-state index in [0.717, 1.165) is 30.0 Å². The van der Waals surface area contributed by atoms with Gasteiger partial charge in [-0.25, -0.2) is 9.97 Å². The molecule has 1 saturated heterocycles. The van der Waals surface area contributed by atoms with E-state index >= 15 is 0 Å². The van der Waals surface area contributed by atoms with Gasteiger partial charge in [-0.3, -0.25) is 4.79 Å². The molecule has 0 spiro atoms. The Kier molecular flexibility index (Phi) is 7.43. The molecule has 4 rings (SSSR count). The molecule has 0 unspecified atom stereocenters.